The average Bonchev–Trinajstić information content (AvgIpc) is 3.45. The lowest BCUT2D eigenvalue weighted by Crippen LogP contribution is -2.51. The van der Waals surface area contributed by atoms with Crippen LogP contribution in [0.15, 0.2) is 72.8 Å². The van der Waals surface area contributed by atoms with Crippen LogP contribution in [-0.4, -0.2) is 35.2 Å². The van der Waals surface area contributed by atoms with Gasteiger partial charge in [-0.2, -0.15) is 5.26 Å². The Balaban J connectivity index is 1.18. The van der Waals surface area contributed by atoms with E-state index in [2.05, 4.69) is 46.0 Å². The zero-order chi connectivity index (χ0) is 25.4. The molecule has 2 aliphatic rings. The number of hydrogen-bond acceptors (Lipinski definition) is 6. The van der Waals surface area contributed by atoms with Crippen molar-refractivity contribution < 1.29 is 14.3 Å². The SMILES string of the molecule is N#CC1(NC(=O)[C@H](Cc2nc3ccccc3s2)NC(=O)OCC2c3ccccc3-c3ccccc32)CC1. The summed E-state index contributed by atoms with van der Waals surface area (Å²) in [7, 11) is 0. The maximum Gasteiger partial charge on any atom is 0.407 e. The molecule has 0 unspecified atom stereocenters. The summed E-state index contributed by atoms with van der Waals surface area (Å²) in [5.74, 6) is -0.491. The van der Waals surface area contributed by atoms with Crippen LogP contribution in [0.5, 0.6) is 0 Å². The molecule has 0 saturated heterocycles. The molecule has 0 bridgehead atoms. The second-order valence-corrected chi connectivity index (χ2v) is 10.6. The topological polar surface area (TPSA) is 104 Å². The fourth-order valence-corrected chi connectivity index (χ4v) is 5.90. The molecule has 2 aliphatic carbocycles. The van der Waals surface area contributed by atoms with Gasteiger partial charge in [0.2, 0.25) is 5.91 Å². The van der Waals surface area contributed by atoms with Crippen LogP contribution in [0.3, 0.4) is 0 Å². The van der Waals surface area contributed by atoms with E-state index >= 15 is 0 Å². The first-order chi connectivity index (χ1) is 18.0. The van der Waals surface area contributed by atoms with Gasteiger partial charge in [-0.25, -0.2) is 9.78 Å². The third kappa shape index (κ3) is 4.54. The Hall–Kier alpha value is -4.22. The molecule has 184 valence electrons. The first kappa shape index (κ1) is 23.2. The van der Waals surface area contributed by atoms with Crippen molar-refractivity contribution in [2.45, 2.75) is 36.8 Å². The lowest BCUT2D eigenvalue weighted by atomic mass is 9.98. The van der Waals surface area contributed by atoms with E-state index in [-0.39, 0.29) is 18.9 Å². The highest BCUT2D eigenvalue weighted by atomic mass is 32.1. The Morgan fingerprint density at radius 3 is 2.32 bits per heavy atom. The summed E-state index contributed by atoms with van der Waals surface area (Å²) < 4.78 is 6.68. The number of nitrogens with zero attached hydrogens (tertiary/aromatic N) is 2. The van der Waals surface area contributed by atoms with Crippen LogP contribution < -0.4 is 10.6 Å². The molecule has 1 fully saturated rings. The van der Waals surface area contributed by atoms with E-state index in [0.29, 0.717) is 12.8 Å². The first-order valence-corrected chi connectivity index (χ1v) is 13.1. The zero-order valence-corrected chi connectivity index (χ0v) is 20.8. The van der Waals surface area contributed by atoms with Crippen molar-refractivity contribution in [3.8, 4) is 17.2 Å². The Morgan fingerprint density at radius 1 is 1.03 bits per heavy atom. The normalized spacial score (nSPS) is 15.8. The Kier molecular flexibility index (Phi) is 5.85. The molecule has 2 amide bonds. The van der Waals surface area contributed by atoms with Gasteiger partial charge in [0.25, 0.3) is 0 Å². The predicted molar refractivity (Wildman–Crippen MR) is 141 cm³/mol. The number of amides is 2. The Labute approximate surface area is 218 Å². The number of nitriles is 1. The van der Waals surface area contributed by atoms with E-state index in [1.165, 1.54) is 11.3 Å². The van der Waals surface area contributed by atoms with Gasteiger partial charge in [-0.15, -0.1) is 11.3 Å². The number of nitrogens with one attached hydrogen (secondary N) is 2. The molecular weight excluding hydrogens is 484 g/mol. The number of alkyl carbamates (subject to hydrolysis) is 1. The van der Waals surface area contributed by atoms with E-state index in [4.69, 9.17) is 4.74 Å². The molecule has 37 heavy (non-hydrogen) atoms. The molecule has 8 heteroatoms. The molecule has 1 aromatic heterocycles. The van der Waals surface area contributed by atoms with Crippen molar-refractivity contribution in [1.29, 1.82) is 5.26 Å². The van der Waals surface area contributed by atoms with Crippen molar-refractivity contribution >= 4 is 33.6 Å². The first-order valence-electron chi connectivity index (χ1n) is 12.2. The summed E-state index contributed by atoms with van der Waals surface area (Å²) in [6.07, 6.45) is 0.740. The number of rotatable bonds is 7. The van der Waals surface area contributed by atoms with Gasteiger partial charge in [-0.3, -0.25) is 4.79 Å². The van der Waals surface area contributed by atoms with E-state index in [9.17, 15) is 14.9 Å². The average molecular weight is 509 g/mol. The molecule has 1 saturated carbocycles. The standard InChI is InChI=1S/C29H24N4O3S/c30-17-29(13-14-29)33-27(34)24(15-26-31-23-11-5-6-12-25(23)37-26)32-28(35)36-16-22-20-9-3-1-7-18(20)19-8-2-4-10-21(19)22/h1-12,22,24H,13-16H2,(H,32,35)(H,33,34)/t24-/m0/s1. The van der Waals surface area contributed by atoms with Crippen molar-refractivity contribution in [3.63, 3.8) is 0 Å². The number of ether oxygens (including phenoxy) is 1. The van der Waals surface area contributed by atoms with Gasteiger partial charge >= 0.3 is 6.09 Å². The summed E-state index contributed by atoms with van der Waals surface area (Å²) in [5.41, 5.74) is 4.53. The number of thiazole rings is 1. The molecule has 0 radical (unpaired) electrons. The third-order valence-electron chi connectivity index (χ3n) is 7.00. The molecule has 1 heterocycles. The summed E-state index contributed by atoms with van der Waals surface area (Å²) >= 11 is 1.48. The predicted octanol–water partition coefficient (Wildman–Crippen LogP) is 4.92. The highest BCUT2D eigenvalue weighted by Gasteiger charge is 2.46. The van der Waals surface area contributed by atoms with Crippen LogP contribution in [0.1, 0.15) is 34.9 Å². The van der Waals surface area contributed by atoms with Crippen molar-refractivity contribution in [2.75, 3.05) is 6.61 Å². The number of hydrogen-bond donors (Lipinski definition) is 2. The van der Waals surface area contributed by atoms with Crippen LogP contribution in [0.4, 0.5) is 4.79 Å². The molecule has 2 N–H and O–H groups in total. The molecule has 0 spiro atoms. The Morgan fingerprint density at radius 2 is 1.68 bits per heavy atom. The van der Waals surface area contributed by atoms with E-state index < -0.39 is 23.6 Å². The number of aromatic nitrogens is 1. The minimum Gasteiger partial charge on any atom is -0.449 e. The monoisotopic (exact) mass is 508 g/mol. The van der Waals surface area contributed by atoms with Crippen LogP contribution in [0.2, 0.25) is 0 Å². The van der Waals surface area contributed by atoms with Crippen molar-refractivity contribution in [1.82, 2.24) is 15.6 Å². The van der Waals surface area contributed by atoms with Crippen LogP contribution in [-0.2, 0) is 16.0 Å². The van der Waals surface area contributed by atoms with Gasteiger partial charge in [0.05, 0.1) is 21.3 Å². The van der Waals surface area contributed by atoms with Gasteiger partial charge in [-0.1, -0.05) is 60.7 Å². The highest BCUT2D eigenvalue weighted by molar-refractivity contribution is 7.18. The maximum absolute atomic E-state index is 13.1. The summed E-state index contributed by atoms with van der Waals surface area (Å²) in [5, 5.41) is 15.7. The smallest absolute Gasteiger partial charge is 0.407 e. The van der Waals surface area contributed by atoms with Crippen LogP contribution >= 0.6 is 11.3 Å². The van der Waals surface area contributed by atoms with E-state index in [0.717, 1.165) is 37.5 Å². The number of para-hydroxylation sites is 1. The summed E-state index contributed by atoms with van der Waals surface area (Å²) in [6.45, 7) is 0.150. The minimum atomic E-state index is -0.915. The largest absolute Gasteiger partial charge is 0.449 e. The second kappa shape index (κ2) is 9.34. The number of carbonyl (C=O) groups is 2. The maximum atomic E-state index is 13.1. The number of carbonyl (C=O) groups excluding carboxylic acids is 2. The van der Waals surface area contributed by atoms with Crippen molar-refractivity contribution in [2.24, 2.45) is 0 Å². The van der Waals surface area contributed by atoms with Gasteiger partial charge in [-0.05, 0) is 47.2 Å². The molecular formula is C29H24N4O3S. The highest BCUT2D eigenvalue weighted by Crippen LogP contribution is 2.44. The third-order valence-corrected chi connectivity index (χ3v) is 8.05. The van der Waals surface area contributed by atoms with Crippen LogP contribution in [0.25, 0.3) is 21.3 Å². The fraction of sp³-hybridized carbons (Fsp3) is 0.241. The van der Waals surface area contributed by atoms with E-state index in [1.807, 2.05) is 48.5 Å². The lowest BCUT2D eigenvalue weighted by molar-refractivity contribution is -0.123. The number of fused-ring (bicyclic) bond motifs is 4. The van der Waals surface area contributed by atoms with Gasteiger partial charge in [0, 0.05) is 12.3 Å². The molecule has 0 aliphatic heterocycles. The van der Waals surface area contributed by atoms with Gasteiger partial charge in [0.1, 0.15) is 18.2 Å². The zero-order valence-electron chi connectivity index (χ0n) is 19.9. The fourth-order valence-electron chi connectivity index (χ4n) is 4.89. The lowest BCUT2D eigenvalue weighted by Gasteiger charge is -2.20. The van der Waals surface area contributed by atoms with Gasteiger partial charge < -0.3 is 15.4 Å². The molecule has 3 aromatic carbocycles. The van der Waals surface area contributed by atoms with Crippen molar-refractivity contribution in [3.05, 3.63) is 88.9 Å². The van der Waals surface area contributed by atoms with E-state index in [1.54, 1.807) is 0 Å². The van der Waals surface area contributed by atoms with Gasteiger partial charge in [0.15, 0.2) is 0 Å². The van der Waals surface area contributed by atoms with Crippen LogP contribution in [0, 0.1) is 11.3 Å². The molecule has 6 rings (SSSR count). The Bertz CT molecular complexity index is 1470. The summed E-state index contributed by atoms with van der Waals surface area (Å²) in [4.78, 5) is 30.7. The molecule has 1 atom stereocenters. The number of benzene rings is 3. The quantitative estimate of drug-likeness (QED) is 0.369. The minimum absolute atomic E-state index is 0.0805. The molecule has 7 nitrogen and oxygen atoms in total. The summed E-state index contributed by atoms with van der Waals surface area (Å²) in [6, 6.07) is 25.2. The molecule has 4 aromatic rings. The second-order valence-electron chi connectivity index (χ2n) is 9.49.